The van der Waals surface area contributed by atoms with E-state index in [1.807, 2.05) is 19.9 Å². The number of aliphatic hydroxyl groups excluding tert-OH is 1. The molecule has 1 saturated heterocycles. The number of unbranched alkanes of at least 4 members (excludes halogenated alkanes) is 1. The van der Waals surface area contributed by atoms with Crippen LogP contribution in [0.1, 0.15) is 84.6 Å². The van der Waals surface area contributed by atoms with Gasteiger partial charge in [0, 0.05) is 36.5 Å². The first kappa shape index (κ1) is 41.9. The topological polar surface area (TPSA) is 216 Å². The minimum Gasteiger partial charge on any atom is -0.464 e. The summed E-state index contributed by atoms with van der Waals surface area (Å²) in [6.07, 6.45) is 6.39. The zero-order valence-electron chi connectivity index (χ0n) is 32.8. The van der Waals surface area contributed by atoms with Gasteiger partial charge in [-0.25, -0.2) is 9.59 Å². The Balaban J connectivity index is 1.08. The Kier molecular flexibility index (Phi) is 12.5. The first-order chi connectivity index (χ1) is 27.1. The number of Topliss-reactive ketones (excluding diaryl/α,β-unsaturated/α-hetero) is 1. The van der Waals surface area contributed by atoms with Crippen LogP contribution in [0.15, 0.2) is 48.1 Å². The molecular formula is C41H52N2O14. The van der Waals surface area contributed by atoms with Crippen molar-refractivity contribution >= 4 is 29.6 Å². The third-order valence-electron chi connectivity index (χ3n) is 12.7. The van der Waals surface area contributed by atoms with Crippen LogP contribution < -0.4 is 10.1 Å². The Hall–Kier alpha value is -4.67. The Labute approximate surface area is 330 Å². The lowest BCUT2D eigenvalue weighted by Crippen LogP contribution is -2.63. The molecule has 16 heteroatoms. The van der Waals surface area contributed by atoms with Crippen molar-refractivity contribution in [1.29, 1.82) is 0 Å². The molecule has 16 nitrogen and oxygen atoms in total. The number of hydrogen-bond donors (Lipinski definition) is 2. The van der Waals surface area contributed by atoms with E-state index in [-0.39, 0.29) is 55.3 Å². The average molecular weight is 797 g/mol. The molecule has 2 N–H and O–H groups in total. The van der Waals surface area contributed by atoms with Gasteiger partial charge in [-0.15, -0.1) is 10.1 Å². The molecular weight excluding hydrogens is 744 g/mol. The second kappa shape index (κ2) is 17.0. The van der Waals surface area contributed by atoms with Crippen molar-refractivity contribution in [2.45, 2.75) is 116 Å². The van der Waals surface area contributed by atoms with Gasteiger partial charge < -0.3 is 38.9 Å². The molecule has 1 aromatic carbocycles. The van der Waals surface area contributed by atoms with E-state index in [0.717, 1.165) is 12.0 Å². The van der Waals surface area contributed by atoms with Gasteiger partial charge in [-0.3, -0.25) is 14.4 Å². The number of fused-ring (bicyclic) bond motifs is 7. The molecule has 0 bridgehead atoms. The molecule has 10 atom stereocenters. The van der Waals surface area contributed by atoms with Crippen LogP contribution in [0.2, 0.25) is 0 Å². The molecule has 0 aromatic heterocycles. The van der Waals surface area contributed by atoms with Crippen molar-refractivity contribution in [3.8, 4) is 5.75 Å². The molecule has 0 radical (unpaired) electrons. The summed E-state index contributed by atoms with van der Waals surface area (Å²) in [5, 5.41) is 23.9. The standard InChI is InChI=1S/C41H52N2O14/c1-5-8-35-56-34-21-30-29-14-11-26-20-27(45)15-16-39(26,3)36(29)32(46)22-40(30,4)41(34,57-35)33(47)23-53-38(49)55-28-12-9-25(10-13-28)19-31(42-24(2)44)37(48)52-17-6-7-18-54-43(50)51/h9-13,15-16,29-32,34-36,46H,5-8,14,17-23H2,1-4H3,(H,42,44)/t29-,30-,31?,32-,34+,35?,36+,39-,40-,41+/m0/s1. The van der Waals surface area contributed by atoms with Gasteiger partial charge >= 0.3 is 12.1 Å². The third kappa shape index (κ3) is 8.35. The monoisotopic (exact) mass is 796 g/mol. The van der Waals surface area contributed by atoms with Gasteiger partial charge in [0.2, 0.25) is 11.7 Å². The molecule has 1 amide bonds. The lowest BCUT2D eigenvalue weighted by molar-refractivity contribution is -0.757. The Morgan fingerprint density at radius 2 is 1.84 bits per heavy atom. The average Bonchev–Trinajstić information content (AvgIpc) is 3.64. The summed E-state index contributed by atoms with van der Waals surface area (Å²) in [6, 6.07) is 5.13. The third-order valence-corrected chi connectivity index (χ3v) is 12.7. The maximum Gasteiger partial charge on any atom is 0.514 e. The summed E-state index contributed by atoms with van der Waals surface area (Å²) in [5.74, 6) is -1.64. The van der Waals surface area contributed by atoms with Gasteiger partial charge in [0.25, 0.3) is 5.09 Å². The number of hydrogen-bond acceptors (Lipinski definition) is 14. The lowest BCUT2D eigenvalue weighted by Gasteiger charge is -2.59. The summed E-state index contributed by atoms with van der Waals surface area (Å²) in [5.41, 5.74) is -1.15. The maximum absolute atomic E-state index is 14.4. The van der Waals surface area contributed by atoms with Crippen molar-refractivity contribution in [1.82, 2.24) is 5.32 Å². The number of aliphatic hydroxyl groups is 1. The Morgan fingerprint density at radius 1 is 1.11 bits per heavy atom. The second-order valence-corrected chi connectivity index (χ2v) is 16.2. The zero-order valence-corrected chi connectivity index (χ0v) is 32.8. The van der Waals surface area contributed by atoms with Gasteiger partial charge in [0.05, 0.1) is 25.4 Å². The minimum absolute atomic E-state index is 0.000289. The molecule has 2 saturated carbocycles. The molecule has 310 valence electrons. The number of carbonyl (C=O) groups excluding carboxylic acids is 5. The molecule has 0 spiro atoms. The van der Waals surface area contributed by atoms with E-state index >= 15 is 0 Å². The quantitative estimate of drug-likeness (QED) is 0.0588. The van der Waals surface area contributed by atoms with Crippen LogP contribution >= 0.6 is 0 Å². The van der Waals surface area contributed by atoms with E-state index in [1.165, 1.54) is 19.1 Å². The number of nitrogens with one attached hydrogen (secondary N) is 1. The highest BCUT2D eigenvalue weighted by molar-refractivity contribution is 5.94. The predicted molar refractivity (Wildman–Crippen MR) is 199 cm³/mol. The molecule has 6 rings (SSSR count). The van der Waals surface area contributed by atoms with E-state index in [1.54, 1.807) is 18.2 Å². The highest BCUT2D eigenvalue weighted by atomic mass is 16.9. The maximum atomic E-state index is 14.4. The fourth-order valence-corrected chi connectivity index (χ4v) is 10.3. The van der Waals surface area contributed by atoms with E-state index < -0.39 is 76.5 Å². The van der Waals surface area contributed by atoms with Crippen LogP contribution in [0.5, 0.6) is 5.75 Å². The van der Waals surface area contributed by atoms with Crippen LogP contribution in [-0.4, -0.2) is 89.8 Å². The number of ether oxygens (including phenoxy) is 5. The van der Waals surface area contributed by atoms with E-state index in [2.05, 4.69) is 23.2 Å². The summed E-state index contributed by atoms with van der Waals surface area (Å²) in [6.45, 7) is 6.55. The lowest BCUT2D eigenvalue weighted by atomic mass is 9.47. The van der Waals surface area contributed by atoms with Gasteiger partial charge in [-0.2, -0.15) is 0 Å². The summed E-state index contributed by atoms with van der Waals surface area (Å²) in [7, 11) is 0. The molecule has 1 heterocycles. The van der Waals surface area contributed by atoms with E-state index in [0.29, 0.717) is 44.1 Å². The second-order valence-electron chi connectivity index (χ2n) is 16.2. The van der Waals surface area contributed by atoms with Crippen molar-refractivity contribution < 1.29 is 62.7 Å². The van der Waals surface area contributed by atoms with Crippen LogP contribution in [0.4, 0.5) is 4.79 Å². The highest BCUT2D eigenvalue weighted by Gasteiger charge is 2.75. The summed E-state index contributed by atoms with van der Waals surface area (Å²) < 4.78 is 29.1. The number of allylic oxidation sites excluding steroid dienone is 4. The van der Waals surface area contributed by atoms with Crippen molar-refractivity contribution in [3.63, 3.8) is 0 Å². The normalized spacial score (nSPS) is 32.7. The van der Waals surface area contributed by atoms with Crippen LogP contribution in [0.25, 0.3) is 0 Å². The summed E-state index contributed by atoms with van der Waals surface area (Å²) in [4.78, 5) is 78.7. The van der Waals surface area contributed by atoms with Crippen LogP contribution in [0.3, 0.4) is 0 Å². The smallest absolute Gasteiger partial charge is 0.464 e. The van der Waals surface area contributed by atoms with Gasteiger partial charge in [0.1, 0.15) is 11.8 Å². The number of ketones is 2. The number of amides is 1. The molecule has 3 fully saturated rings. The molecule has 57 heavy (non-hydrogen) atoms. The van der Waals surface area contributed by atoms with Crippen LogP contribution in [0, 0.1) is 38.7 Å². The van der Waals surface area contributed by atoms with Crippen LogP contribution in [-0.2, 0) is 49.4 Å². The summed E-state index contributed by atoms with van der Waals surface area (Å²) >= 11 is 0. The number of carbonyl (C=O) groups is 5. The zero-order chi connectivity index (χ0) is 41.1. The van der Waals surface area contributed by atoms with Crippen molar-refractivity contribution in [2.75, 3.05) is 19.8 Å². The van der Waals surface area contributed by atoms with Crippen molar-refractivity contribution in [2.24, 2.45) is 28.6 Å². The molecule has 1 aliphatic heterocycles. The number of rotatable bonds is 16. The highest BCUT2D eigenvalue weighted by Crippen LogP contribution is 2.69. The van der Waals surface area contributed by atoms with E-state index in [4.69, 9.17) is 23.7 Å². The fourth-order valence-electron chi connectivity index (χ4n) is 10.3. The molecule has 4 aliphatic carbocycles. The Morgan fingerprint density at radius 3 is 2.54 bits per heavy atom. The minimum atomic E-state index is -1.47. The SMILES string of the molecule is CCCC1O[C@@H]2C[C@H]3[C@@H]4CC=C5CC(=O)C=C[C@]5(C)[C@H]4[C@@H](O)C[C@]3(C)[C@]2(C(=O)COC(=O)Oc2ccc(CC(NC(C)=O)C(=O)OCCCCO[N+](=O)[O-])cc2)O1. The first-order valence-corrected chi connectivity index (χ1v) is 19.7. The Bertz CT molecular complexity index is 1790. The van der Waals surface area contributed by atoms with Gasteiger partial charge in [0.15, 0.2) is 24.3 Å². The fraction of sp³-hybridized carbons (Fsp3) is 0.634. The number of nitrogens with zero attached hydrogens (tertiary/aromatic N) is 1. The van der Waals surface area contributed by atoms with Crippen molar-refractivity contribution in [3.05, 3.63) is 63.7 Å². The predicted octanol–water partition coefficient (Wildman–Crippen LogP) is 4.52. The molecule has 1 aromatic rings. The number of benzene rings is 1. The number of esters is 1. The van der Waals surface area contributed by atoms with E-state index in [9.17, 15) is 39.2 Å². The first-order valence-electron chi connectivity index (χ1n) is 19.7. The molecule has 5 aliphatic rings. The largest absolute Gasteiger partial charge is 0.514 e. The molecule has 2 unspecified atom stereocenters. The van der Waals surface area contributed by atoms with Gasteiger partial charge in [-0.1, -0.05) is 57.0 Å². The van der Waals surface area contributed by atoms with Gasteiger partial charge in [-0.05, 0) is 74.1 Å².